The van der Waals surface area contributed by atoms with Gasteiger partial charge in [-0.3, -0.25) is 9.59 Å². The molecule has 0 spiro atoms. The van der Waals surface area contributed by atoms with Crippen molar-refractivity contribution in [2.24, 2.45) is 0 Å². The number of hydrogen-bond donors (Lipinski definition) is 1. The van der Waals surface area contributed by atoms with E-state index in [2.05, 4.69) is 5.32 Å². The van der Waals surface area contributed by atoms with Crippen LogP contribution in [0.15, 0.2) is 18.5 Å². The first-order valence-electron chi connectivity index (χ1n) is 6.11. The van der Waals surface area contributed by atoms with Gasteiger partial charge in [-0.15, -0.1) is 0 Å². The molecule has 1 saturated carbocycles. The molecule has 1 heterocycles. The van der Waals surface area contributed by atoms with Crippen molar-refractivity contribution < 1.29 is 9.59 Å². The second-order valence-electron chi connectivity index (χ2n) is 4.68. The molecular weight excluding hydrogens is 216 g/mol. The fourth-order valence-electron chi connectivity index (χ4n) is 2.26. The second-order valence-corrected chi connectivity index (χ2v) is 4.68. The summed E-state index contributed by atoms with van der Waals surface area (Å²) in [5, 5.41) is 3.02. The first-order valence-corrected chi connectivity index (χ1v) is 6.11. The monoisotopic (exact) mass is 234 g/mol. The number of nitrogens with zero attached hydrogens (tertiary/aromatic N) is 1. The van der Waals surface area contributed by atoms with Crippen LogP contribution in [-0.4, -0.2) is 22.3 Å². The topological polar surface area (TPSA) is 51.1 Å². The first-order chi connectivity index (χ1) is 8.15. The van der Waals surface area contributed by atoms with Crippen LogP contribution in [0.3, 0.4) is 0 Å². The van der Waals surface area contributed by atoms with Gasteiger partial charge in [-0.2, -0.15) is 0 Å². The highest BCUT2D eigenvalue weighted by Gasteiger charge is 2.17. The zero-order valence-corrected chi connectivity index (χ0v) is 10.1. The van der Waals surface area contributed by atoms with E-state index in [-0.39, 0.29) is 11.7 Å². The van der Waals surface area contributed by atoms with Crippen molar-refractivity contribution in [2.75, 3.05) is 0 Å². The van der Waals surface area contributed by atoms with Crippen molar-refractivity contribution in [3.05, 3.63) is 24.0 Å². The molecule has 92 valence electrons. The standard InChI is InChI=1S/C13H18N2O2/c1-10(16)11-6-7-15(8-11)9-13(17)14-12-4-2-3-5-12/h6-8,12H,2-5,9H2,1H3,(H,14,17). The average Bonchev–Trinajstić information content (AvgIpc) is 2.88. The van der Waals surface area contributed by atoms with Crippen molar-refractivity contribution in [3.63, 3.8) is 0 Å². The van der Waals surface area contributed by atoms with E-state index in [0.717, 1.165) is 12.8 Å². The van der Waals surface area contributed by atoms with Crippen LogP contribution in [0.4, 0.5) is 0 Å². The van der Waals surface area contributed by atoms with Crippen LogP contribution in [0.25, 0.3) is 0 Å². The Morgan fingerprint density at radius 3 is 2.71 bits per heavy atom. The summed E-state index contributed by atoms with van der Waals surface area (Å²) in [7, 11) is 0. The maximum atomic E-state index is 11.7. The molecule has 0 bridgehead atoms. The summed E-state index contributed by atoms with van der Waals surface area (Å²) >= 11 is 0. The summed E-state index contributed by atoms with van der Waals surface area (Å²) in [6.07, 6.45) is 8.10. The number of carbonyl (C=O) groups excluding carboxylic acids is 2. The molecule has 4 nitrogen and oxygen atoms in total. The van der Waals surface area contributed by atoms with Crippen molar-refractivity contribution >= 4 is 11.7 Å². The maximum Gasteiger partial charge on any atom is 0.240 e. The van der Waals surface area contributed by atoms with Gasteiger partial charge in [0.05, 0.1) is 0 Å². The summed E-state index contributed by atoms with van der Waals surface area (Å²) in [6, 6.07) is 2.09. The molecular formula is C13H18N2O2. The Morgan fingerprint density at radius 2 is 2.12 bits per heavy atom. The highest BCUT2D eigenvalue weighted by Crippen LogP contribution is 2.17. The van der Waals surface area contributed by atoms with Crippen LogP contribution in [0.1, 0.15) is 43.0 Å². The molecule has 1 amide bonds. The minimum atomic E-state index is 0.0277. The van der Waals surface area contributed by atoms with Gasteiger partial charge in [0, 0.05) is 24.0 Å². The van der Waals surface area contributed by atoms with E-state index in [1.165, 1.54) is 19.8 Å². The molecule has 1 N–H and O–H groups in total. The molecule has 0 aliphatic heterocycles. The predicted octanol–water partition coefficient (Wildman–Crippen LogP) is 1.75. The van der Waals surface area contributed by atoms with E-state index in [1.807, 2.05) is 0 Å². The predicted molar refractivity (Wildman–Crippen MR) is 64.8 cm³/mol. The molecule has 1 fully saturated rings. The molecule has 1 aromatic rings. The van der Waals surface area contributed by atoms with E-state index in [4.69, 9.17) is 0 Å². The largest absolute Gasteiger partial charge is 0.352 e. The van der Waals surface area contributed by atoms with Crippen LogP contribution in [0.2, 0.25) is 0 Å². The summed E-state index contributed by atoms with van der Waals surface area (Å²) < 4.78 is 1.75. The lowest BCUT2D eigenvalue weighted by Crippen LogP contribution is -2.34. The van der Waals surface area contributed by atoms with E-state index < -0.39 is 0 Å². The molecule has 0 atom stereocenters. The Bertz CT molecular complexity index is 417. The molecule has 1 aromatic heterocycles. The fourth-order valence-corrected chi connectivity index (χ4v) is 2.26. The molecule has 0 saturated heterocycles. The van der Waals surface area contributed by atoms with Gasteiger partial charge in [0.1, 0.15) is 6.54 Å². The third kappa shape index (κ3) is 3.19. The number of ketones is 1. The Labute approximate surface area is 101 Å². The highest BCUT2D eigenvalue weighted by molar-refractivity contribution is 5.93. The van der Waals surface area contributed by atoms with Gasteiger partial charge in [0.15, 0.2) is 5.78 Å². The molecule has 17 heavy (non-hydrogen) atoms. The van der Waals surface area contributed by atoms with Crippen LogP contribution >= 0.6 is 0 Å². The number of nitrogens with one attached hydrogen (secondary N) is 1. The second kappa shape index (κ2) is 5.17. The molecule has 1 aliphatic carbocycles. The van der Waals surface area contributed by atoms with Crippen molar-refractivity contribution in [1.82, 2.24) is 9.88 Å². The van der Waals surface area contributed by atoms with Crippen LogP contribution < -0.4 is 5.32 Å². The zero-order valence-electron chi connectivity index (χ0n) is 10.1. The first kappa shape index (κ1) is 11.9. The minimum absolute atomic E-state index is 0.0277. The van der Waals surface area contributed by atoms with Gasteiger partial charge in [-0.05, 0) is 25.8 Å². The van der Waals surface area contributed by atoms with Crippen LogP contribution in [-0.2, 0) is 11.3 Å². The van der Waals surface area contributed by atoms with Crippen molar-refractivity contribution in [2.45, 2.75) is 45.2 Å². The Morgan fingerprint density at radius 1 is 1.41 bits per heavy atom. The van der Waals surface area contributed by atoms with Gasteiger partial charge in [0.2, 0.25) is 5.91 Å². The molecule has 0 radical (unpaired) electrons. The number of hydrogen-bond acceptors (Lipinski definition) is 2. The fraction of sp³-hybridized carbons (Fsp3) is 0.538. The minimum Gasteiger partial charge on any atom is -0.352 e. The summed E-state index contributed by atoms with van der Waals surface area (Å²) in [4.78, 5) is 22.8. The lowest BCUT2D eigenvalue weighted by atomic mass is 10.2. The zero-order chi connectivity index (χ0) is 12.3. The number of aromatic nitrogens is 1. The Balaban J connectivity index is 1.86. The summed E-state index contributed by atoms with van der Waals surface area (Å²) in [5.74, 6) is 0.0579. The van der Waals surface area contributed by atoms with E-state index in [9.17, 15) is 9.59 Å². The molecule has 4 heteroatoms. The van der Waals surface area contributed by atoms with Gasteiger partial charge >= 0.3 is 0 Å². The molecule has 2 rings (SSSR count). The van der Waals surface area contributed by atoms with Gasteiger partial charge in [0.25, 0.3) is 0 Å². The maximum absolute atomic E-state index is 11.7. The third-order valence-corrected chi connectivity index (χ3v) is 3.20. The molecule has 0 unspecified atom stereocenters. The normalized spacial score (nSPS) is 16.1. The number of Topliss-reactive ketones (excluding diaryl/α,β-unsaturated/α-hetero) is 1. The Kier molecular flexibility index (Phi) is 3.61. The van der Waals surface area contributed by atoms with Gasteiger partial charge in [-0.1, -0.05) is 12.8 Å². The van der Waals surface area contributed by atoms with E-state index in [1.54, 1.807) is 23.0 Å². The smallest absolute Gasteiger partial charge is 0.240 e. The number of rotatable bonds is 4. The summed E-state index contributed by atoms with van der Waals surface area (Å²) in [5.41, 5.74) is 0.652. The van der Waals surface area contributed by atoms with Gasteiger partial charge in [-0.25, -0.2) is 0 Å². The SMILES string of the molecule is CC(=O)c1ccn(CC(=O)NC2CCCC2)c1. The Hall–Kier alpha value is -1.58. The summed E-state index contributed by atoms with van der Waals surface area (Å²) in [6.45, 7) is 1.82. The van der Waals surface area contributed by atoms with Crippen LogP contribution in [0, 0.1) is 0 Å². The van der Waals surface area contributed by atoms with Gasteiger partial charge < -0.3 is 9.88 Å². The van der Waals surface area contributed by atoms with Crippen LogP contribution in [0.5, 0.6) is 0 Å². The lowest BCUT2D eigenvalue weighted by molar-refractivity contribution is -0.122. The third-order valence-electron chi connectivity index (χ3n) is 3.20. The highest BCUT2D eigenvalue weighted by atomic mass is 16.2. The van der Waals surface area contributed by atoms with Crippen molar-refractivity contribution in [3.8, 4) is 0 Å². The molecule has 0 aromatic carbocycles. The lowest BCUT2D eigenvalue weighted by Gasteiger charge is -2.12. The number of amides is 1. The quantitative estimate of drug-likeness (QED) is 0.807. The van der Waals surface area contributed by atoms with E-state index in [0.29, 0.717) is 18.2 Å². The average molecular weight is 234 g/mol. The van der Waals surface area contributed by atoms with E-state index >= 15 is 0 Å². The molecule has 1 aliphatic rings. The number of carbonyl (C=O) groups is 2. The van der Waals surface area contributed by atoms with Crippen molar-refractivity contribution in [1.29, 1.82) is 0 Å².